The van der Waals surface area contributed by atoms with Crippen LogP contribution >= 0.6 is 11.8 Å². The van der Waals surface area contributed by atoms with E-state index in [0.717, 1.165) is 37.3 Å². The van der Waals surface area contributed by atoms with Crippen LogP contribution in [-0.4, -0.2) is 28.4 Å². The zero-order chi connectivity index (χ0) is 14.7. The van der Waals surface area contributed by atoms with E-state index in [1.165, 1.54) is 0 Å². The van der Waals surface area contributed by atoms with Gasteiger partial charge in [0.25, 0.3) is 5.76 Å². The first-order valence-corrected chi connectivity index (χ1v) is 7.91. The van der Waals surface area contributed by atoms with Crippen LogP contribution in [0.25, 0.3) is 5.69 Å². The molecule has 3 nitrogen and oxygen atoms in total. The Morgan fingerprint density at radius 2 is 2.00 bits per heavy atom. The molecule has 0 radical (unpaired) electrons. The van der Waals surface area contributed by atoms with E-state index >= 15 is 0 Å². The van der Waals surface area contributed by atoms with Gasteiger partial charge in [-0.05, 0) is 38.1 Å². The Balaban J connectivity index is 1.96. The van der Waals surface area contributed by atoms with Gasteiger partial charge in [-0.2, -0.15) is 8.78 Å². The van der Waals surface area contributed by atoms with Crippen molar-refractivity contribution in [3.8, 4) is 5.69 Å². The number of alkyl halides is 2. The SMILES string of the molecule is FC(F)Sc1ccccc1-n1cncc1C1CCNCC1. The molecule has 6 heteroatoms. The second-order valence-electron chi connectivity index (χ2n) is 5.06. The first kappa shape index (κ1) is 14.5. The van der Waals surface area contributed by atoms with Crippen molar-refractivity contribution >= 4 is 11.8 Å². The molecule has 0 bridgehead atoms. The molecule has 0 aliphatic carbocycles. The van der Waals surface area contributed by atoms with E-state index in [2.05, 4.69) is 10.3 Å². The van der Waals surface area contributed by atoms with Crippen molar-refractivity contribution in [2.45, 2.75) is 29.4 Å². The van der Waals surface area contributed by atoms with Gasteiger partial charge in [0.2, 0.25) is 0 Å². The number of benzene rings is 1. The summed E-state index contributed by atoms with van der Waals surface area (Å²) in [6.07, 6.45) is 5.69. The monoisotopic (exact) mass is 309 g/mol. The van der Waals surface area contributed by atoms with Gasteiger partial charge in [0.15, 0.2) is 0 Å². The first-order chi connectivity index (χ1) is 10.3. The average molecular weight is 309 g/mol. The van der Waals surface area contributed by atoms with Crippen molar-refractivity contribution in [1.82, 2.24) is 14.9 Å². The molecular formula is C15H17F2N3S. The number of hydrogen-bond donors (Lipinski definition) is 1. The molecule has 112 valence electrons. The topological polar surface area (TPSA) is 29.9 Å². The van der Waals surface area contributed by atoms with Crippen LogP contribution in [0.2, 0.25) is 0 Å². The van der Waals surface area contributed by atoms with Crippen LogP contribution in [0.1, 0.15) is 24.5 Å². The van der Waals surface area contributed by atoms with E-state index in [-0.39, 0.29) is 0 Å². The molecule has 1 aliphatic rings. The highest BCUT2D eigenvalue weighted by Crippen LogP contribution is 2.33. The Morgan fingerprint density at radius 1 is 1.24 bits per heavy atom. The predicted octanol–water partition coefficient (Wildman–Crippen LogP) is 3.65. The van der Waals surface area contributed by atoms with Crippen molar-refractivity contribution < 1.29 is 8.78 Å². The fourth-order valence-corrected chi connectivity index (χ4v) is 3.41. The second kappa shape index (κ2) is 6.58. The molecular weight excluding hydrogens is 292 g/mol. The van der Waals surface area contributed by atoms with Gasteiger partial charge in [-0.1, -0.05) is 23.9 Å². The van der Waals surface area contributed by atoms with Gasteiger partial charge in [-0.25, -0.2) is 4.98 Å². The number of nitrogens with one attached hydrogen (secondary N) is 1. The van der Waals surface area contributed by atoms with Crippen molar-refractivity contribution in [3.63, 3.8) is 0 Å². The minimum atomic E-state index is -2.42. The highest BCUT2D eigenvalue weighted by Gasteiger charge is 2.21. The number of hydrogen-bond acceptors (Lipinski definition) is 3. The van der Waals surface area contributed by atoms with Gasteiger partial charge < -0.3 is 9.88 Å². The number of imidazole rings is 1. The Hall–Kier alpha value is -1.40. The number of aromatic nitrogens is 2. The third-order valence-corrected chi connectivity index (χ3v) is 4.54. The normalized spacial score (nSPS) is 16.5. The molecule has 2 aromatic rings. The molecule has 0 atom stereocenters. The number of nitrogens with zero attached hydrogens (tertiary/aromatic N) is 2. The molecule has 0 spiro atoms. The summed E-state index contributed by atoms with van der Waals surface area (Å²) < 4.78 is 27.4. The fourth-order valence-electron chi connectivity index (χ4n) is 2.78. The average Bonchev–Trinajstić information content (AvgIpc) is 2.97. The van der Waals surface area contributed by atoms with Crippen LogP contribution < -0.4 is 5.32 Å². The molecule has 1 aliphatic heterocycles. The van der Waals surface area contributed by atoms with E-state index < -0.39 is 5.76 Å². The molecule has 3 rings (SSSR count). The summed E-state index contributed by atoms with van der Waals surface area (Å²) in [5, 5.41) is 3.34. The summed E-state index contributed by atoms with van der Waals surface area (Å²) in [5.74, 6) is -1.99. The van der Waals surface area contributed by atoms with Gasteiger partial charge in [0.05, 0.1) is 12.0 Å². The lowest BCUT2D eigenvalue weighted by atomic mass is 9.95. The molecule has 0 unspecified atom stereocenters. The Bertz CT molecular complexity index is 594. The molecule has 1 aromatic carbocycles. The summed E-state index contributed by atoms with van der Waals surface area (Å²) >= 11 is 0.584. The van der Waals surface area contributed by atoms with Crippen LogP contribution in [0.4, 0.5) is 8.78 Å². The first-order valence-electron chi connectivity index (χ1n) is 7.03. The highest BCUT2D eigenvalue weighted by atomic mass is 32.2. The van der Waals surface area contributed by atoms with Crippen molar-refractivity contribution in [1.29, 1.82) is 0 Å². The number of halogens is 2. The van der Waals surface area contributed by atoms with E-state index in [4.69, 9.17) is 0 Å². The van der Waals surface area contributed by atoms with Crippen LogP contribution in [0.3, 0.4) is 0 Å². The molecule has 0 saturated carbocycles. The zero-order valence-electron chi connectivity index (χ0n) is 11.5. The number of rotatable bonds is 4. The third kappa shape index (κ3) is 3.27. The lowest BCUT2D eigenvalue weighted by Crippen LogP contribution is -2.27. The molecule has 21 heavy (non-hydrogen) atoms. The zero-order valence-corrected chi connectivity index (χ0v) is 12.3. The Morgan fingerprint density at radius 3 is 2.76 bits per heavy atom. The number of para-hydroxylation sites is 1. The predicted molar refractivity (Wildman–Crippen MR) is 80.3 cm³/mol. The standard InChI is InChI=1S/C15H17F2N3S/c16-15(17)21-14-4-2-1-3-12(14)20-10-19-9-13(20)11-5-7-18-8-6-11/h1-4,9-11,15,18H,5-8H2. The van der Waals surface area contributed by atoms with Crippen LogP contribution in [0.5, 0.6) is 0 Å². The van der Waals surface area contributed by atoms with Crippen LogP contribution in [0, 0.1) is 0 Å². The smallest absolute Gasteiger partial charge is 0.288 e. The van der Waals surface area contributed by atoms with Crippen molar-refractivity contribution in [2.75, 3.05) is 13.1 Å². The summed E-state index contributed by atoms with van der Waals surface area (Å²) in [6.45, 7) is 1.98. The summed E-state index contributed by atoms with van der Waals surface area (Å²) in [7, 11) is 0. The van der Waals surface area contributed by atoms with Gasteiger partial charge in [-0.15, -0.1) is 0 Å². The van der Waals surface area contributed by atoms with Crippen LogP contribution in [0.15, 0.2) is 41.7 Å². The molecule has 1 N–H and O–H groups in total. The fraction of sp³-hybridized carbons (Fsp3) is 0.400. The maximum Gasteiger partial charge on any atom is 0.288 e. The van der Waals surface area contributed by atoms with Gasteiger partial charge >= 0.3 is 0 Å². The number of thioether (sulfide) groups is 1. The number of piperidine rings is 1. The summed E-state index contributed by atoms with van der Waals surface area (Å²) in [6, 6.07) is 7.27. The second-order valence-corrected chi connectivity index (χ2v) is 6.09. The maximum atomic E-state index is 12.7. The molecule has 1 saturated heterocycles. The molecule has 2 heterocycles. The largest absolute Gasteiger partial charge is 0.317 e. The van der Waals surface area contributed by atoms with Crippen molar-refractivity contribution in [3.05, 3.63) is 42.5 Å². The summed E-state index contributed by atoms with van der Waals surface area (Å²) in [5.41, 5.74) is 1.90. The summed E-state index contributed by atoms with van der Waals surface area (Å²) in [4.78, 5) is 4.82. The Labute approximate surface area is 126 Å². The van der Waals surface area contributed by atoms with Crippen molar-refractivity contribution in [2.24, 2.45) is 0 Å². The molecule has 1 fully saturated rings. The maximum absolute atomic E-state index is 12.7. The van der Waals surface area contributed by atoms with E-state index in [9.17, 15) is 8.78 Å². The van der Waals surface area contributed by atoms with E-state index in [0.29, 0.717) is 22.6 Å². The van der Waals surface area contributed by atoms with Gasteiger partial charge in [-0.3, -0.25) is 0 Å². The highest BCUT2D eigenvalue weighted by molar-refractivity contribution is 7.99. The van der Waals surface area contributed by atoms with Gasteiger partial charge in [0, 0.05) is 22.7 Å². The van der Waals surface area contributed by atoms with E-state index in [1.807, 2.05) is 22.9 Å². The Kier molecular flexibility index (Phi) is 4.55. The van der Waals surface area contributed by atoms with Crippen LogP contribution in [-0.2, 0) is 0 Å². The quantitative estimate of drug-likeness (QED) is 0.874. The molecule has 1 aromatic heterocycles. The van der Waals surface area contributed by atoms with E-state index in [1.54, 1.807) is 18.5 Å². The minimum Gasteiger partial charge on any atom is -0.317 e. The molecule has 0 amide bonds. The third-order valence-electron chi connectivity index (χ3n) is 3.77. The minimum absolute atomic E-state index is 0.429. The van der Waals surface area contributed by atoms with Gasteiger partial charge in [0.1, 0.15) is 0 Å². The lowest BCUT2D eigenvalue weighted by Gasteiger charge is -2.24. The lowest BCUT2D eigenvalue weighted by molar-refractivity contribution is 0.252.